The Morgan fingerprint density at radius 3 is 2.38 bits per heavy atom. The summed E-state index contributed by atoms with van der Waals surface area (Å²) in [6.07, 6.45) is -5.29. The predicted octanol–water partition coefficient (Wildman–Crippen LogP) is -0.146. The van der Waals surface area contributed by atoms with Crippen LogP contribution in [-0.4, -0.2) is 62.0 Å². The van der Waals surface area contributed by atoms with E-state index in [2.05, 4.69) is 0 Å². The van der Waals surface area contributed by atoms with Crippen molar-refractivity contribution in [2.24, 2.45) is 0 Å². The van der Waals surface area contributed by atoms with Gasteiger partial charge in [0.05, 0.1) is 0 Å². The summed E-state index contributed by atoms with van der Waals surface area (Å²) >= 11 is 1.22. The molecule has 0 unspecified atom stereocenters. The molecule has 7 heteroatoms. The molecule has 116 valence electrons. The highest BCUT2D eigenvalue weighted by atomic mass is 32.2. The number of ether oxygens (including phenoxy) is 1. The third kappa shape index (κ3) is 3.96. The van der Waals surface area contributed by atoms with Gasteiger partial charge in [-0.15, -0.1) is 11.8 Å². The third-order valence-corrected chi connectivity index (χ3v) is 4.49. The Kier molecular flexibility index (Phi) is 5.60. The summed E-state index contributed by atoms with van der Waals surface area (Å²) in [6.45, 7) is 0. The minimum absolute atomic E-state index is 0.598. The molecule has 1 aliphatic rings. The first-order valence-corrected chi connectivity index (χ1v) is 7.63. The Bertz CT molecular complexity index is 468. The molecule has 0 saturated carbocycles. The zero-order valence-electron chi connectivity index (χ0n) is 11.2. The number of aliphatic hydroxyl groups excluding tert-OH is 3. The molecule has 0 radical (unpaired) electrons. The lowest BCUT2D eigenvalue weighted by atomic mass is 10.0. The highest BCUT2D eigenvalue weighted by Crippen LogP contribution is 2.29. The number of hydrogen-bond donors (Lipinski definition) is 4. The van der Waals surface area contributed by atoms with Gasteiger partial charge in [-0.25, -0.2) is 4.79 Å². The van der Waals surface area contributed by atoms with E-state index < -0.39 is 35.8 Å². The van der Waals surface area contributed by atoms with Gasteiger partial charge < -0.3 is 25.2 Å². The number of aliphatic carboxylic acids is 1. The van der Waals surface area contributed by atoms with Crippen LogP contribution in [0.5, 0.6) is 0 Å². The topological polar surface area (TPSA) is 107 Å². The minimum atomic E-state index is -1.64. The maximum atomic E-state index is 11.0. The molecule has 1 heterocycles. The SMILES string of the molecule is O=C(O)[C@H]1O[C@@H](SCCc2ccccc2)[C@H](O)[C@@H](O)[C@@H]1O. The van der Waals surface area contributed by atoms with E-state index in [0.717, 1.165) is 12.0 Å². The van der Waals surface area contributed by atoms with E-state index in [1.165, 1.54) is 11.8 Å². The van der Waals surface area contributed by atoms with Gasteiger partial charge in [0.1, 0.15) is 23.7 Å². The number of carbonyl (C=O) groups is 1. The van der Waals surface area contributed by atoms with Gasteiger partial charge in [-0.05, 0) is 17.7 Å². The number of hydrogen-bond acceptors (Lipinski definition) is 6. The van der Waals surface area contributed by atoms with Gasteiger partial charge in [-0.2, -0.15) is 0 Å². The summed E-state index contributed by atoms with van der Waals surface area (Å²) in [5.41, 5.74) is 0.235. The molecule has 0 bridgehead atoms. The van der Waals surface area contributed by atoms with Crippen LogP contribution in [0.25, 0.3) is 0 Å². The minimum Gasteiger partial charge on any atom is -0.479 e. The first kappa shape index (κ1) is 16.3. The fourth-order valence-electron chi connectivity index (χ4n) is 2.13. The number of benzene rings is 1. The molecule has 0 spiro atoms. The molecule has 1 fully saturated rings. The van der Waals surface area contributed by atoms with Crippen LogP contribution in [0.2, 0.25) is 0 Å². The quantitative estimate of drug-likeness (QED) is 0.599. The largest absolute Gasteiger partial charge is 0.479 e. The molecule has 0 amide bonds. The number of aryl methyl sites for hydroxylation is 1. The molecule has 0 aliphatic carbocycles. The van der Waals surface area contributed by atoms with Gasteiger partial charge in [-0.1, -0.05) is 30.3 Å². The fourth-order valence-corrected chi connectivity index (χ4v) is 3.27. The van der Waals surface area contributed by atoms with Crippen LogP contribution in [0.1, 0.15) is 5.56 Å². The average Bonchev–Trinajstić information content (AvgIpc) is 2.48. The van der Waals surface area contributed by atoms with Gasteiger partial charge in [0.2, 0.25) is 0 Å². The lowest BCUT2D eigenvalue weighted by molar-refractivity contribution is -0.209. The van der Waals surface area contributed by atoms with Crippen molar-refractivity contribution < 1.29 is 30.0 Å². The summed E-state index contributed by atoms with van der Waals surface area (Å²) in [5, 5.41) is 38.1. The van der Waals surface area contributed by atoms with Crippen LogP contribution in [0.15, 0.2) is 30.3 Å². The molecule has 4 N–H and O–H groups in total. The molecule has 1 aromatic rings. The molecule has 1 aromatic carbocycles. The molecule has 1 saturated heterocycles. The highest BCUT2D eigenvalue weighted by molar-refractivity contribution is 7.99. The predicted molar refractivity (Wildman–Crippen MR) is 76.9 cm³/mol. The summed E-state index contributed by atoms with van der Waals surface area (Å²) < 4.78 is 5.18. The Morgan fingerprint density at radius 1 is 1.10 bits per heavy atom. The third-order valence-electron chi connectivity index (χ3n) is 3.33. The number of rotatable bonds is 5. The first-order valence-electron chi connectivity index (χ1n) is 6.58. The lowest BCUT2D eigenvalue weighted by Crippen LogP contribution is -2.58. The second-order valence-electron chi connectivity index (χ2n) is 4.84. The molecule has 2 rings (SSSR count). The van der Waals surface area contributed by atoms with Crippen molar-refractivity contribution in [3.05, 3.63) is 35.9 Å². The van der Waals surface area contributed by atoms with Crippen LogP contribution in [0.3, 0.4) is 0 Å². The molecular formula is C14H18O6S. The van der Waals surface area contributed by atoms with E-state index in [1.807, 2.05) is 30.3 Å². The van der Waals surface area contributed by atoms with Crippen molar-refractivity contribution in [1.82, 2.24) is 0 Å². The Hall–Kier alpha value is -1.12. The average molecular weight is 314 g/mol. The molecule has 6 nitrogen and oxygen atoms in total. The number of aliphatic hydroxyl groups is 3. The van der Waals surface area contributed by atoms with E-state index >= 15 is 0 Å². The zero-order chi connectivity index (χ0) is 15.4. The van der Waals surface area contributed by atoms with Crippen LogP contribution in [0, 0.1) is 0 Å². The van der Waals surface area contributed by atoms with E-state index in [4.69, 9.17) is 9.84 Å². The number of carboxylic acids is 1. The van der Waals surface area contributed by atoms with Gasteiger partial charge >= 0.3 is 5.97 Å². The van der Waals surface area contributed by atoms with E-state index in [1.54, 1.807) is 0 Å². The highest BCUT2D eigenvalue weighted by Gasteiger charge is 2.46. The Morgan fingerprint density at radius 2 is 1.76 bits per heavy atom. The Balaban J connectivity index is 1.91. The van der Waals surface area contributed by atoms with Gasteiger partial charge in [0, 0.05) is 0 Å². The van der Waals surface area contributed by atoms with Gasteiger partial charge in [0.25, 0.3) is 0 Å². The van der Waals surface area contributed by atoms with E-state index in [-0.39, 0.29) is 0 Å². The summed E-state index contributed by atoms with van der Waals surface area (Å²) in [5.74, 6) is -0.761. The van der Waals surface area contributed by atoms with Crippen LogP contribution >= 0.6 is 11.8 Å². The normalized spacial score (nSPS) is 32.8. The summed E-state index contributed by atoms with van der Waals surface area (Å²) in [6, 6.07) is 9.70. The second-order valence-corrected chi connectivity index (χ2v) is 6.05. The van der Waals surface area contributed by atoms with Crippen LogP contribution in [-0.2, 0) is 16.0 Å². The van der Waals surface area contributed by atoms with Crippen molar-refractivity contribution in [2.75, 3.05) is 5.75 Å². The van der Waals surface area contributed by atoms with E-state index in [0.29, 0.717) is 5.75 Å². The molecule has 1 aliphatic heterocycles. The molecule has 0 aromatic heterocycles. The lowest BCUT2D eigenvalue weighted by Gasteiger charge is -2.38. The first-order chi connectivity index (χ1) is 10.0. The van der Waals surface area contributed by atoms with Crippen LogP contribution < -0.4 is 0 Å². The number of thioether (sulfide) groups is 1. The van der Waals surface area contributed by atoms with Crippen molar-refractivity contribution in [3.63, 3.8) is 0 Å². The van der Waals surface area contributed by atoms with Crippen LogP contribution in [0.4, 0.5) is 0 Å². The standard InChI is InChI=1S/C14H18O6S/c15-9-10(16)12(13(18)19)20-14(11(9)17)21-7-6-8-4-2-1-3-5-8/h1-5,9-12,14-17H,6-7H2,(H,18,19)/t9-,10-,11+,12-,14-/m0/s1. The van der Waals surface area contributed by atoms with Crippen molar-refractivity contribution >= 4 is 17.7 Å². The molecule has 21 heavy (non-hydrogen) atoms. The summed E-state index contributed by atoms with van der Waals surface area (Å²) in [7, 11) is 0. The number of carboxylic acid groups (broad SMARTS) is 1. The van der Waals surface area contributed by atoms with Crippen molar-refractivity contribution in [1.29, 1.82) is 0 Å². The van der Waals surface area contributed by atoms with Gasteiger partial charge in [-0.3, -0.25) is 0 Å². The maximum Gasteiger partial charge on any atom is 0.335 e. The zero-order valence-corrected chi connectivity index (χ0v) is 12.0. The summed E-state index contributed by atoms with van der Waals surface area (Å²) in [4.78, 5) is 11.0. The van der Waals surface area contributed by atoms with E-state index in [9.17, 15) is 20.1 Å². The smallest absolute Gasteiger partial charge is 0.335 e. The van der Waals surface area contributed by atoms with Crippen molar-refractivity contribution in [2.45, 2.75) is 36.3 Å². The van der Waals surface area contributed by atoms with Gasteiger partial charge in [0.15, 0.2) is 6.10 Å². The Labute approximate surface area is 126 Å². The second kappa shape index (κ2) is 7.24. The molecule has 5 atom stereocenters. The fraction of sp³-hybridized carbons (Fsp3) is 0.500. The monoisotopic (exact) mass is 314 g/mol. The maximum absolute atomic E-state index is 11.0. The molecular weight excluding hydrogens is 296 g/mol. The van der Waals surface area contributed by atoms with Crippen molar-refractivity contribution in [3.8, 4) is 0 Å².